The second kappa shape index (κ2) is 12.5. The summed E-state index contributed by atoms with van der Waals surface area (Å²) in [6, 6.07) is 12.0. The Morgan fingerprint density at radius 1 is 1.07 bits per heavy atom. The van der Waals surface area contributed by atoms with Crippen LogP contribution < -0.4 is 10.5 Å². The van der Waals surface area contributed by atoms with Crippen LogP contribution >= 0.6 is 0 Å². The van der Waals surface area contributed by atoms with Crippen LogP contribution in [-0.2, 0) is 16.4 Å². The summed E-state index contributed by atoms with van der Waals surface area (Å²) >= 11 is 0. The Kier molecular flexibility index (Phi) is 9.24. The number of aliphatic hydroxyl groups excluding tert-OH is 1. The number of nitrogens with two attached hydrogens (primary N) is 1. The fourth-order valence-electron chi connectivity index (χ4n) is 4.29. The molecule has 0 fully saturated rings. The molecule has 3 aromatic carbocycles. The maximum atomic E-state index is 15.0. The van der Waals surface area contributed by atoms with E-state index in [2.05, 4.69) is 14.7 Å². The van der Waals surface area contributed by atoms with Crippen LogP contribution in [0.2, 0.25) is 0 Å². The lowest BCUT2D eigenvalue weighted by Crippen LogP contribution is -2.27. The Balaban J connectivity index is 1.92. The van der Waals surface area contributed by atoms with E-state index in [4.69, 9.17) is 10.2 Å². The first-order valence-electron chi connectivity index (χ1n) is 13.2. The predicted octanol–water partition coefficient (Wildman–Crippen LogP) is 6.23. The van der Waals surface area contributed by atoms with Gasteiger partial charge in [0.15, 0.2) is 21.5 Å². The Morgan fingerprint density at radius 2 is 1.71 bits per heavy atom. The molecule has 0 saturated carbocycles. The van der Waals surface area contributed by atoms with Crippen molar-refractivity contribution in [3.05, 3.63) is 83.6 Å². The van der Waals surface area contributed by atoms with E-state index >= 15 is 0 Å². The second-order valence-electron chi connectivity index (χ2n) is 10.5. The summed E-state index contributed by atoms with van der Waals surface area (Å²) in [4.78, 5) is 8.48. The highest BCUT2D eigenvalue weighted by Gasteiger charge is 2.31. The Bertz CT molecular complexity index is 1890. The standard InChI is InChI=1S/C31H29F4N3O6S/c1-17-38-28(18-5-8-21(9-6-18)44-31(33,34)35)29(43-17)22-13-19(7-10-25(22)37-12-11-27(36)30(2,3)40)20-14-24(32)23(16-39)26(15-20)45(4,41)42/h5-15,39-40H,16,36H2,1-4H3. The lowest BCUT2D eigenvalue weighted by molar-refractivity contribution is -0.274. The molecule has 4 N–H and O–H groups in total. The fraction of sp³-hybridized carbons (Fsp3) is 0.226. The molecule has 238 valence electrons. The van der Waals surface area contributed by atoms with Gasteiger partial charge in [-0.2, -0.15) is 0 Å². The van der Waals surface area contributed by atoms with Crippen molar-refractivity contribution in [3.8, 4) is 39.5 Å². The van der Waals surface area contributed by atoms with Crippen LogP contribution in [0.3, 0.4) is 0 Å². The zero-order chi connectivity index (χ0) is 33.3. The summed E-state index contributed by atoms with van der Waals surface area (Å²) in [6.07, 6.45) is -1.24. The SMILES string of the molecule is Cc1nc(-c2ccc(OC(F)(F)F)cc2)c(-c2cc(-c3cc(F)c(CO)c(S(C)(=O)=O)c3)ccc2N=CC=C(N)C(C)(C)O)o1. The van der Waals surface area contributed by atoms with Crippen molar-refractivity contribution in [1.29, 1.82) is 0 Å². The summed E-state index contributed by atoms with van der Waals surface area (Å²) in [5.41, 5.74) is 6.07. The van der Waals surface area contributed by atoms with Gasteiger partial charge in [0, 0.05) is 41.8 Å². The molecule has 0 unspecified atom stereocenters. The van der Waals surface area contributed by atoms with Crippen LogP contribution in [0.5, 0.6) is 5.75 Å². The highest BCUT2D eigenvalue weighted by atomic mass is 32.2. The molecule has 4 rings (SSSR count). The van der Waals surface area contributed by atoms with E-state index < -0.39 is 40.0 Å². The number of oxazole rings is 1. The average Bonchev–Trinajstić information content (AvgIpc) is 3.32. The molecule has 14 heteroatoms. The van der Waals surface area contributed by atoms with Crippen LogP contribution in [-0.4, -0.2) is 48.0 Å². The zero-order valence-electron chi connectivity index (χ0n) is 24.5. The number of rotatable bonds is 9. The quantitative estimate of drug-likeness (QED) is 0.143. The molecule has 9 nitrogen and oxygen atoms in total. The third-order valence-corrected chi connectivity index (χ3v) is 7.72. The van der Waals surface area contributed by atoms with Crippen molar-refractivity contribution in [2.24, 2.45) is 10.7 Å². The lowest BCUT2D eigenvalue weighted by Gasteiger charge is -2.16. The van der Waals surface area contributed by atoms with Crippen molar-refractivity contribution in [3.63, 3.8) is 0 Å². The highest BCUT2D eigenvalue weighted by Crippen LogP contribution is 2.41. The number of nitrogens with zero attached hydrogens (tertiary/aromatic N) is 2. The molecule has 4 aromatic rings. The molecule has 1 aromatic heterocycles. The topological polar surface area (TPSA) is 148 Å². The number of aryl methyl sites for hydroxylation is 1. The molecule has 0 atom stereocenters. The minimum absolute atomic E-state index is 0.120. The van der Waals surface area contributed by atoms with Crippen LogP contribution in [0, 0.1) is 12.7 Å². The van der Waals surface area contributed by atoms with Crippen molar-refractivity contribution in [1.82, 2.24) is 4.98 Å². The van der Waals surface area contributed by atoms with Gasteiger partial charge in [0.05, 0.1) is 22.8 Å². The number of hydrogen-bond acceptors (Lipinski definition) is 9. The summed E-state index contributed by atoms with van der Waals surface area (Å²) in [6.45, 7) is 3.72. The Morgan fingerprint density at radius 3 is 2.29 bits per heavy atom. The van der Waals surface area contributed by atoms with Gasteiger partial charge in [-0.3, -0.25) is 4.99 Å². The third-order valence-electron chi connectivity index (χ3n) is 6.56. The molecular formula is C31H29F4N3O6S. The number of aliphatic imine (C=N–C) groups is 1. The zero-order valence-corrected chi connectivity index (χ0v) is 25.3. The summed E-state index contributed by atoms with van der Waals surface area (Å²) < 4.78 is 87.8. The number of hydrogen-bond donors (Lipinski definition) is 3. The fourth-order valence-corrected chi connectivity index (χ4v) is 5.24. The van der Waals surface area contributed by atoms with Crippen molar-refractivity contribution < 1.29 is 45.3 Å². The second-order valence-corrected chi connectivity index (χ2v) is 12.5. The van der Waals surface area contributed by atoms with Gasteiger partial charge in [-0.05, 0) is 79.6 Å². The number of allylic oxidation sites excluding steroid dienone is 1. The maximum absolute atomic E-state index is 15.0. The van der Waals surface area contributed by atoms with Gasteiger partial charge in [0.1, 0.15) is 17.3 Å². The number of alkyl halides is 3. The van der Waals surface area contributed by atoms with Gasteiger partial charge in [0.2, 0.25) is 0 Å². The number of benzene rings is 3. The number of halogens is 4. The number of aliphatic hydroxyl groups is 2. The molecule has 0 aliphatic heterocycles. The van der Waals surface area contributed by atoms with Gasteiger partial charge < -0.3 is 25.1 Å². The van der Waals surface area contributed by atoms with E-state index in [9.17, 15) is 36.2 Å². The summed E-state index contributed by atoms with van der Waals surface area (Å²) in [5.74, 6) is -1.00. The number of ether oxygens (including phenoxy) is 1. The minimum atomic E-state index is -4.88. The van der Waals surface area contributed by atoms with E-state index in [0.717, 1.165) is 24.5 Å². The van der Waals surface area contributed by atoms with Crippen LogP contribution in [0.25, 0.3) is 33.7 Å². The smallest absolute Gasteiger partial charge is 0.440 e. The van der Waals surface area contributed by atoms with Crippen molar-refractivity contribution >= 4 is 21.7 Å². The largest absolute Gasteiger partial charge is 0.573 e. The molecule has 1 heterocycles. The van der Waals surface area contributed by atoms with Gasteiger partial charge in [-0.25, -0.2) is 17.8 Å². The first-order valence-corrected chi connectivity index (χ1v) is 15.1. The van der Waals surface area contributed by atoms with Crippen LogP contribution in [0.4, 0.5) is 23.2 Å². The number of aromatic nitrogens is 1. The third kappa shape index (κ3) is 7.95. The molecule has 0 amide bonds. The van der Waals surface area contributed by atoms with E-state index in [-0.39, 0.29) is 39.1 Å². The van der Waals surface area contributed by atoms with E-state index in [1.165, 1.54) is 44.3 Å². The molecule has 0 aliphatic carbocycles. The maximum Gasteiger partial charge on any atom is 0.573 e. The van der Waals surface area contributed by atoms with Crippen LogP contribution in [0.15, 0.2) is 80.7 Å². The molecule has 45 heavy (non-hydrogen) atoms. The number of sulfone groups is 1. The lowest BCUT2D eigenvalue weighted by atomic mass is 9.97. The first-order chi connectivity index (χ1) is 20.9. The Hall–Kier alpha value is -4.53. The summed E-state index contributed by atoms with van der Waals surface area (Å²) in [5, 5.41) is 19.7. The predicted molar refractivity (Wildman–Crippen MR) is 160 cm³/mol. The van der Waals surface area contributed by atoms with E-state index in [1.54, 1.807) is 25.1 Å². The molecular weight excluding hydrogens is 618 g/mol. The molecule has 0 saturated heterocycles. The highest BCUT2D eigenvalue weighted by molar-refractivity contribution is 7.90. The average molecular weight is 648 g/mol. The monoisotopic (exact) mass is 647 g/mol. The summed E-state index contributed by atoms with van der Waals surface area (Å²) in [7, 11) is -3.93. The van der Waals surface area contributed by atoms with Crippen molar-refractivity contribution in [2.75, 3.05) is 6.26 Å². The Labute approximate surface area is 256 Å². The van der Waals surface area contributed by atoms with Gasteiger partial charge in [-0.15, -0.1) is 13.2 Å². The molecule has 0 radical (unpaired) electrons. The first kappa shape index (κ1) is 33.4. The molecule has 0 aliphatic rings. The van der Waals surface area contributed by atoms with Gasteiger partial charge in [0.25, 0.3) is 0 Å². The van der Waals surface area contributed by atoms with Crippen LogP contribution in [0.1, 0.15) is 25.3 Å². The van der Waals surface area contributed by atoms with E-state index in [1.807, 2.05) is 0 Å². The van der Waals surface area contributed by atoms with Gasteiger partial charge in [-0.1, -0.05) is 6.07 Å². The minimum Gasteiger partial charge on any atom is -0.440 e. The molecule has 0 bridgehead atoms. The molecule has 0 spiro atoms. The van der Waals surface area contributed by atoms with E-state index in [0.29, 0.717) is 22.4 Å². The van der Waals surface area contributed by atoms with Crippen molar-refractivity contribution in [2.45, 2.75) is 44.2 Å². The normalized spacial score (nSPS) is 13.1. The van der Waals surface area contributed by atoms with Gasteiger partial charge >= 0.3 is 6.36 Å².